The Balaban J connectivity index is 1.45. The number of carbonyl (C=O) groups excluding carboxylic acids is 1. The molecule has 0 saturated carbocycles. The van der Waals surface area contributed by atoms with Gasteiger partial charge in [0.05, 0.1) is 12.8 Å². The Morgan fingerprint density at radius 3 is 2.84 bits per heavy atom. The van der Waals surface area contributed by atoms with E-state index >= 15 is 0 Å². The zero-order valence-electron chi connectivity index (χ0n) is 13.9. The fourth-order valence-corrected chi connectivity index (χ4v) is 2.83. The van der Waals surface area contributed by atoms with Gasteiger partial charge < -0.3 is 14.4 Å². The summed E-state index contributed by atoms with van der Waals surface area (Å²) in [6.07, 6.45) is 2.71. The van der Waals surface area contributed by atoms with Crippen LogP contribution in [-0.4, -0.2) is 35.7 Å². The number of ether oxygens (including phenoxy) is 2. The molecule has 132 valence electrons. The molecule has 1 aromatic carbocycles. The van der Waals surface area contributed by atoms with Crippen molar-refractivity contribution in [2.24, 2.45) is 5.92 Å². The maximum atomic E-state index is 12.8. The average molecular weight is 344 g/mol. The molecular formula is C19H21FN2O3. The summed E-state index contributed by atoms with van der Waals surface area (Å²) in [7, 11) is 0. The van der Waals surface area contributed by atoms with Gasteiger partial charge in [-0.1, -0.05) is 30.3 Å². The van der Waals surface area contributed by atoms with Crippen molar-refractivity contribution in [2.75, 3.05) is 19.7 Å². The number of aromatic nitrogens is 1. The van der Waals surface area contributed by atoms with Gasteiger partial charge in [0, 0.05) is 25.1 Å². The highest BCUT2D eigenvalue weighted by atomic mass is 19.1. The van der Waals surface area contributed by atoms with Gasteiger partial charge in [-0.3, -0.25) is 0 Å². The van der Waals surface area contributed by atoms with Crippen LogP contribution in [0.1, 0.15) is 18.4 Å². The van der Waals surface area contributed by atoms with Gasteiger partial charge in [0.1, 0.15) is 12.4 Å². The van der Waals surface area contributed by atoms with Crippen LogP contribution in [-0.2, 0) is 11.3 Å². The van der Waals surface area contributed by atoms with Gasteiger partial charge in [0.25, 0.3) is 0 Å². The van der Waals surface area contributed by atoms with Crippen molar-refractivity contribution < 1.29 is 18.7 Å². The molecule has 25 heavy (non-hydrogen) atoms. The fourth-order valence-electron chi connectivity index (χ4n) is 2.83. The van der Waals surface area contributed by atoms with Crippen LogP contribution in [0.5, 0.6) is 5.88 Å². The third-order valence-electron chi connectivity index (χ3n) is 4.15. The van der Waals surface area contributed by atoms with Crippen molar-refractivity contribution in [3.8, 4) is 5.88 Å². The summed E-state index contributed by atoms with van der Waals surface area (Å²) in [5.74, 6) is 0.215. The number of amides is 1. The molecule has 0 spiro atoms. The molecule has 1 atom stereocenters. The van der Waals surface area contributed by atoms with Crippen LogP contribution in [0.15, 0.2) is 48.7 Å². The van der Waals surface area contributed by atoms with Gasteiger partial charge in [-0.2, -0.15) is 0 Å². The molecule has 1 amide bonds. The summed E-state index contributed by atoms with van der Waals surface area (Å²) < 4.78 is 23.8. The normalized spacial score (nSPS) is 17.2. The Bertz CT molecular complexity index is 679. The number of halogens is 1. The number of carbonyl (C=O) groups is 1. The van der Waals surface area contributed by atoms with Crippen molar-refractivity contribution in [3.05, 3.63) is 60.0 Å². The highest BCUT2D eigenvalue weighted by Crippen LogP contribution is 2.19. The molecule has 0 bridgehead atoms. The molecule has 1 aliphatic heterocycles. The molecule has 1 aliphatic rings. The van der Waals surface area contributed by atoms with E-state index < -0.39 is 5.82 Å². The minimum absolute atomic E-state index is 0.213. The lowest BCUT2D eigenvalue weighted by molar-refractivity contribution is 0.0706. The van der Waals surface area contributed by atoms with E-state index in [1.807, 2.05) is 30.3 Å². The molecule has 0 radical (unpaired) electrons. The van der Waals surface area contributed by atoms with Crippen LogP contribution >= 0.6 is 0 Å². The van der Waals surface area contributed by atoms with E-state index in [1.165, 1.54) is 12.1 Å². The Hall–Kier alpha value is -2.63. The zero-order chi connectivity index (χ0) is 17.5. The van der Waals surface area contributed by atoms with Crippen LogP contribution in [0.3, 0.4) is 0 Å². The summed E-state index contributed by atoms with van der Waals surface area (Å²) in [4.78, 5) is 17.8. The molecule has 6 heteroatoms. The Morgan fingerprint density at radius 1 is 1.24 bits per heavy atom. The van der Waals surface area contributed by atoms with Gasteiger partial charge in [-0.15, -0.1) is 0 Å². The molecule has 0 N–H and O–H groups in total. The Kier molecular flexibility index (Phi) is 5.82. The van der Waals surface area contributed by atoms with Gasteiger partial charge in [0.2, 0.25) is 5.88 Å². The summed E-state index contributed by atoms with van der Waals surface area (Å²) in [6.45, 7) is 2.01. The van der Waals surface area contributed by atoms with E-state index in [2.05, 4.69) is 4.98 Å². The molecule has 3 rings (SSSR count). The first-order chi connectivity index (χ1) is 12.2. The predicted octanol–water partition coefficient (Wildman–Crippen LogP) is 3.65. The average Bonchev–Trinajstić information content (AvgIpc) is 2.67. The van der Waals surface area contributed by atoms with E-state index in [0.29, 0.717) is 25.6 Å². The summed E-state index contributed by atoms with van der Waals surface area (Å²) in [6, 6.07) is 12.4. The standard InChI is InChI=1S/C19H21FN2O3/c20-17-8-9-18(21-11-17)24-14-16-7-4-10-22(12-16)19(23)25-13-15-5-2-1-3-6-15/h1-3,5-6,8-9,11,16H,4,7,10,12-14H2. The third-order valence-corrected chi connectivity index (χ3v) is 4.15. The number of rotatable bonds is 5. The lowest BCUT2D eigenvalue weighted by Gasteiger charge is -2.31. The minimum Gasteiger partial charge on any atom is -0.477 e. The maximum absolute atomic E-state index is 12.8. The molecule has 0 aliphatic carbocycles. The van der Waals surface area contributed by atoms with E-state index in [-0.39, 0.29) is 18.6 Å². The lowest BCUT2D eigenvalue weighted by Crippen LogP contribution is -2.41. The topological polar surface area (TPSA) is 51.7 Å². The number of piperidine rings is 1. The smallest absolute Gasteiger partial charge is 0.410 e. The molecular weight excluding hydrogens is 323 g/mol. The number of likely N-dealkylation sites (tertiary alicyclic amines) is 1. The largest absolute Gasteiger partial charge is 0.477 e. The second kappa shape index (κ2) is 8.46. The van der Waals surface area contributed by atoms with Gasteiger partial charge in [-0.25, -0.2) is 14.2 Å². The number of hydrogen-bond acceptors (Lipinski definition) is 4. The second-order valence-corrected chi connectivity index (χ2v) is 6.12. The van der Waals surface area contributed by atoms with Crippen LogP contribution in [0.2, 0.25) is 0 Å². The molecule has 5 nitrogen and oxygen atoms in total. The van der Waals surface area contributed by atoms with E-state index in [0.717, 1.165) is 24.6 Å². The van der Waals surface area contributed by atoms with E-state index in [4.69, 9.17) is 9.47 Å². The number of pyridine rings is 1. The first-order valence-corrected chi connectivity index (χ1v) is 8.40. The fraction of sp³-hybridized carbons (Fsp3) is 0.368. The van der Waals surface area contributed by atoms with Crippen molar-refractivity contribution in [1.82, 2.24) is 9.88 Å². The summed E-state index contributed by atoms with van der Waals surface area (Å²) in [5, 5.41) is 0. The lowest BCUT2D eigenvalue weighted by atomic mass is 9.99. The number of nitrogens with zero attached hydrogens (tertiary/aromatic N) is 2. The quantitative estimate of drug-likeness (QED) is 0.831. The first-order valence-electron chi connectivity index (χ1n) is 8.40. The van der Waals surface area contributed by atoms with Crippen LogP contribution < -0.4 is 4.74 Å². The molecule has 1 fully saturated rings. The molecule has 2 heterocycles. The third kappa shape index (κ3) is 5.17. The predicted molar refractivity (Wildman–Crippen MR) is 90.6 cm³/mol. The second-order valence-electron chi connectivity index (χ2n) is 6.12. The van der Waals surface area contributed by atoms with Gasteiger partial charge in [-0.05, 0) is 24.5 Å². The monoisotopic (exact) mass is 344 g/mol. The van der Waals surface area contributed by atoms with Crippen molar-refractivity contribution in [2.45, 2.75) is 19.4 Å². The maximum Gasteiger partial charge on any atom is 0.410 e. The van der Waals surface area contributed by atoms with Crippen molar-refractivity contribution >= 4 is 6.09 Å². The van der Waals surface area contributed by atoms with Gasteiger partial charge >= 0.3 is 6.09 Å². The molecule has 1 unspecified atom stereocenters. The summed E-state index contributed by atoms with van der Waals surface area (Å²) >= 11 is 0. The van der Waals surface area contributed by atoms with Crippen LogP contribution in [0, 0.1) is 11.7 Å². The number of benzene rings is 1. The highest BCUT2D eigenvalue weighted by Gasteiger charge is 2.25. The SMILES string of the molecule is O=C(OCc1ccccc1)N1CCCC(COc2ccc(F)cn2)C1. The van der Waals surface area contributed by atoms with Crippen LogP contribution in [0.4, 0.5) is 9.18 Å². The van der Waals surface area contributed by atoms with Gasteiger partial charge in [0.15, 0.2) is 0 Å². The molecule has 2 aromatic rings. The van der Waals surface area contributed by atoms with Crippen LogP contribution in [0.25, 0.3) is 0 Å². The van der Waals surface area contributed by atoms with Crippen molar-refractivity contribution in [1.29, 1.82) is 0 Å². The Morgan fingerprint density at radius 2 is 2.08 bits per heavy atom. The minimum atomic E-state index is -0.391. The van der Waals surface area contributed by atoms with E-state index in [9.17, 15) is 9.18 Å². The first kappa shape index (κ1) is 17.2. The molecule has 1 aromatic heterocycles. The number of hydrogen-bond donors (Lipinski definition) is 0. The molecule has 1 saturated heterocycles. The summed E-state index contributed by atoms with van der Waals surface area (Å²) in [5.41, 5.74) is 0.968. The van der Waals surface area contributed by atoms with E-state index in [1.54, 1.807) is 4.90 Å². The van der Waals surface area contributed by atoms with Crippen molar-refractivity contribution in [3.63, 3.8) is 0 Å². The Labute approximate surface area is 146 Å². The zero-order valence-corrected chi connectivity index (χ0v) is 13.9. The highest BCUT2D eigenvalue weighted by molar-refractivity contribution is 5.67.